The molecule has 0 saturated heterocycles. The molecular formula is C13H23N3O2. The van der Waals surface area contributed by atoms with Crippen molar-refractivity contribution in [2.24, 2.45) is 5.73 Å². The minimum atomic E-state index is -0.0638. The Labute approximate surface area is 108 Å². The summed E-state index contributed by atoms with van der Waals surface area (Å²) in [5.41, 5.74) is 5.76. The number of carbonyl (C=O) groups is 1. The molecule has 5 nitrogen and oxygen atoms in total. The van der Waals surface area contributed by atoms with E-state index in [1.54, 1.807) is 0 Å². The first-order valence-electron chi connectivity index (χ1n) is 6.31. The number of rotatable bonds is 7. The Bertz CT molecular complexity index is 376. The lowest BCUT2D eigenvalue weighted by Gasteiger charge is -2.24. The van der Waals surface area contributed by atoms with Crippen LogP contribution in [0.1, 0.15) is 30.9 Å². The van der Waals surface area contributed by atoms with Crippen LogP contribution in [0.4, 0.5) is 0 Å². The van der Waals surface area contributed by atoms with Crippen LogP contribution in [-0.4, -0.2) is 37.5 Å². The molecule has 1 atom stereocenters. The van der Waals surface area contributed by atoms with Crippen molar-refractivity contribution in [1.82, 2.24) is 10.2 Å². The molecule has 1 unspecified atom stereocenters. The summed E-state index contributed by atoms with van der Waals surface area (Å²) in [5, 5.41) is 2.85. The monoisotopic (exact) mass is 253 g/mol. The van der Waals surface area contributed by atoms with Gasteiger partial charge in [0.2, 0.25) is 5.91 Å². The maximum absolute atomic E-state index is 11.6. The molecule has 0 aliphatic carbocycles. The van der Waals surface area contributed by atoms with Gasteiger partial charge in [-0.15, -0.1) is 0 Å². The summed E-state index contributed by atoms with van der Waals surface area (Å²) in [6.45, 7) is 5.37. The number of likely N-dealkylation sites (N-methyl/N-ethyl adjacent to an activating group) is 1. The van der Waals surface area contributed by atoms with E-state index in [9.17, 15) is 4.79 Å². The van der Waals surface area contributed by atoms with E-state index in [0.717, 1.165) is 17.9 Å². The van der Waals surface area contributed by atoms with Crippen molar-refractivity contribution in [2.45, 2.75) is 26.3 Å². The first-order chi connectivity index (χ1) is 8.58. The molecule has 0 aliphatic heterocycles. The molecule has 0 spiro atoms. The number of carbonyl (C=O) groups excluding carboxylic acids is 1. The molecule has 0 radical (unpaired) electrons. The number of nitrogens with one attached hydrogen (secondary N) is 1. The summed E-state index contributed by atoms with van der Waals surface area (Å²) < 4.78 is 5.57. The van der Waals surface area contributed by atoms with Crippen molar-refractivity contribution < 1.29 is 9.21 Å². The Hall–Kier alpha value is -1.33. The maximum atomic E-state index is 11.6. The topological polar surface area (TPSA) is 71.5 Å². The highest BCUT2D eigenvalue weighted by Crippen LogP contribution is 2.20. The highest BCUT2D eigenvalue weighted by atomic mass is 16.3. The number of hydrogen-bond acceptors (Lipinski definition) is 4. The van der Waals surface area contributed by atoms with E-state index in [1.165, 1.54) is 0 Å². The molecule has 1 heterocycles. The van der Waals surface area contributed by atoms with Gasteiger partial charge in [-0.05, 0) is 32.5 Å². The Morgan fingerprint density at radius 3 is 2.78 bits per heavy atom. The van der Waals surface area contributed by atoms with Crippen molar-refractivity contribution >= 4 is 5.91 Å². The van der Waals surface area contributed by atoms with Gasteiger partial charge in [0.1, 0.15) is 11.5 Å². The fourth-order valence-electron chi connectivity index (χ4n) is 1.80. The number of nitrogens with two attached hydrogens (primary N) is 1. The van der Waals surface area contributed by atoms with Crippen LogP contribution in [-0.2, 0) is 4.79 Å². The van der Waals surface area contributed by atoms with Crippen LogP contribution in [0.5, 0.6) is 0 Å². The molecule has 0 bridgehead atoms. The van der Waals surface area contributed by atoms with Gasteiger partial charge in [0.25, 0.3) is 0 Å². The van der Waals surface area contributed by atoms with Crippen LogP contribution in [0.3, 0.4) is 0 Å². The van der Waals surface area contributed by atoms with Crippen LogP contribution >= 0.6 is 0 Å². The molecule has 0 aliphatic rings. The van der Waals surface area contributed by atoms with Gasteiger partial charge in [-0.1, -0.05) is 6.92 Å². The number of aryl methyl sites for hydroxylation is 1. The molecule has 1 amide bonds. The molecule has 0 saturated carbocycles. The van der Waals surface area contributed by atoms with Gasteiger partial charge in [0.15, 0.2) is 0 Å². The molecule has 1 aromatic rings. The highest BCUT2D eigenvalue weighted by Gasteiger charge is 2.20. The van der Waals surface area contributed by atoms with Gasteiger partial charge < -0.3 is 15.5 Å². The Balaban J connectivity index is 2.57. The first-order valence-corrected chi connectivity index (χ1v) is 6.31. The first kappa shape index (κ1) is 14.7. The number of amides is 1. The molecule has 3 N–H and O–H groups in total. The van der Waals surface area contributed by atoms with E-state index in [1.807, 2.05) is 37.9 Å². The zero-order chi connectivity index (χ0) is 13.5. The van der Waals surface area contributed by atoms with Crippen LogP contribution in [0, 0.1) is 6.92 Å². The van der Waals surface area contributed by atoms with E-state index < -0.39 is 0 Å². The second-order valence-electron chi connectivity index (χ2n) is 4.46. The highest BCUT2D eigenvalue weighted by molar-refractivity contribution is 5.77. The fraction of sp³-hybridized carbons (Fsp3) is 0.615. The molecular weight excluding hydrogens is 230 g/mol. The predicted molar refractivity (Wildman–Crippen MR) is 71.2 cm³/mol. The zero-order valence-electron chi connectivity index (χ0n) is 11.4. The Morgan fingerprint density at radius 2 is 2.28 bits per heavy atom. The van der Waals surface area contributed by atoms with E-state index in [4.69, 9.17) is 10.2 Å². The third-order valence-electron chi connectivity index (χ3n) is 2.81. The van der Waals surface area contributed by atoms with Gasteiger partial charge in [-0.2, -0.15) is 0 Å². The van der Waals surface area contributed by atoms with E-state index in [-0.39, 0.29) is 11.9 Å². The van der Waals surface area contributed by atoms with Gasteiger partial charge in [0.05, 0.1) is 12.6 Å². The lowest BCUT2D eigenvalue weighted by molar-refractivity contribution is -0.122. The summed E-state index contributed by atoms with van der Waals surface area (Å²) in [6.07, 6.45) is 0.938. The summed E-state index contributed by atoms with van der Waals surface area (Å²) in [5.74, 6) is 1.68. The quantitative estimate of drug-likeness (QED) is 0.762. The zero-order valence-corrected chi connectivity index (χ0v) is 11.4. The van der Waals surface area contributed by atoms with Crippen LogP contribution in [0.2, 0.25) is 0 Å². The molecule has 102 valence electrons. The standard InChI is InChI=1S/C13H23N3O2/c1-4-7-15-13(17)9-16(3)11(8-14)12-6-5-10(2)18-12/h5-6,11H,4,7-9,14H2,1-3H3,(H,15,17). The van der Waals surface area contributed by atoms with Crippen molar-refractivity contribution in [1.29, 1.82) is 0 Å². The fourth-order valence-corrected chi connectivity index (χ4v) is 1.80. The van der Waals surface area contributed by atoms with E-state index >= 15 is 0 Å². The Morgan fingerprint density at radius 1 is 1.56 bits per heavy atom. The minimum Gasteiger partial charge on any atom is -0.465 e. The second kappa shape index (κ2) is 7.18. The van der Waals surface area contributed by atoms with Crippen molar-refractivity contribution in [3.8, 4) is 0 Å². The number of hydrogen-bond donors (Lipinski definition) is 2. The SMILES string of the molecule is CCCNC(=O)CN(C)C(CN)c1ccc(C)o1. The minimum absolute atomic E-state index is 0.0149. The lowest BCUT2D eigenvalue weighted by atomic mass is 10.2. The second-order valence-corrected chi connectivity index (χ2v) is 4.46. The van der Waals surface area contributed by atoms with Gasteiger partial charge in [-0.3, -0.25) is 9.69 Å². The van der Waals surface area contributed by atoms with E-state index in [0.29, 0.717) is 19.6 Å². The van der Waals surface area contributed by atoms with Gasteiger partial charge >= 0.3 is 0 Å². The number of furan rings is 1. The molecule has 5 heteroatoms. The largest absolute Gasteiger partial charge is 0.465 e. The van der Waals surface area contributed by atoms with Gasteiger partial charge in [0, 0.05) is 13.1 Å². The van der Waals surface area contributed by atoms with Crippen molar-refractivity contribution in [2.75, 3.05) is 26.7 Å². The lowest BCUT2D eigenvalue weighted by Crippen LogP contribution is -2.39. The van der Waals surface area contributed by atoms with Crippen molar-refractivity contribution in [3.05, 3.63) is 23.7 Å². The summed E-state index contributed by atoms with van der Waals surface area (Å²) in [7, 11) is 1.88. The number of nitrogens with zero attached hydrogens (tertiary/aromatic N) is 1. The predicted octanol–water partition coefficient (Wildman–Crippen LogP) is 1.05. The molecule has 18 heavy (non-hydrogen) atoms. The molecule has 0 aromatic carbocycles. The normalized spacial score (nSPS) is 12.7. The average Bonchev–Trinajstić information content (AvgIpc) is 2.74. The van der Waals surface area contributed by atoms with Crippen LogP contribution in [0.25, 0.3) is 0 Å². The van der Waals surface area contributed by atoms with Crippen molar-refractivity contribution in [3.63, 3.8) is 0 Å². The molecule has 1 rings (SSSR count). The van der Waals surface area contributed by atoms with Crippen LogP contribution in [0.15, 0.2) is 16.5 Å². The summed E-state index contributed by atoms with van der Waals surface area (Å²) in [4.78, 5) is 13.6. The third-order valence-corrected chi connectivity index (χ3v) is 2.81. The molecule has 1 aromatic heterocycles. The van der Waals surface area contributed by atoms with E-state index in [2.05, 4.69) is 5.32 Å². The smallest absolute Gasteiger partial charge is 0.234 e. The third kappa shape index (κ3) is 4.16. The van der Waals surface area contributed by atoms with Crippen LogP contribution < -0.4 is 11.1 Å². The maximum Gasteiger partial charge on any atom is 0.234 e. The Kier molecular flexibility index (Phi) is 5.88. The summed E-state index contributed by atoms with van der Waals surface area (Å²) in [6, 6.07) is 3.75. The molecule has 0 fully saturated rings. The summed E-state index contributed by atoms with van der Waals surface area (Å²) >= 11 is 0. The average molecular weight is 253 g/mol. The van der Waals surface area contributed by atoms with Gasteiger partial charge in [-0.25, -0.2) is 0 Å².